The van der Waals surface area contributed by atoms with Gasteiger partial charge in [-0.1, -0.05) is 252 Å². The van der Waals surface area contributed by atoms with E-state index in [1.807, 2.05) is 0 Å². The molecule has 0 radical (unpaired) electrons. The predicted octanol–water partition coefficient (Wildman–Crippen LogP) is 9.40. The molecule has 1 saturated carbocycles. The van der Waals surface area contributed by atoms with Gasteiger partial charge in [0, 0.05) is 19.3 Å². The fourth-order valence-corrected chi connectivity index (χ4v) is 13.3. The number of ether oxygens (including phenoxy) is 7. The first kappa shape index (κ1) is 86.2. The number of phosphoric ester groups is 1. The highest BCUT2D eigenvalue weighted by atomic mass is 31.2. The quantitative estimate of drug-likeness (QED) is 0.0117. The molecule has 2 aliphatic heterocycles. The third-order valence-corrected chi connectivity index (χ3v) is 19.4. The summed E-state index contributed by atoms with van der Waals surface area (Å²) in [5.74, 6) is -1.98. The van der Waals surface area contributed by atoms with Gasteiger partial charge in [0.05, 0.1) is 13.2 Å². The van der Waals surface area contributed by atoms with Crippen LogP contribution in [-0.4, -0.2) is 204 Å². The Bertz CT molecular complexity index is 1960. The number of esters is 3. The van der Waals surface area contributed by atoms with Gasteiger partial charge in [-0.3, -0.25) is 23.4 Å². The summed E-state index contributed by atoms with van der Waals surface area (Å²) in [6, 6.07) is 0. The number of unbranched alkanes of at least 4 members (excludes halogenated alkanes) is 36. The van der Waals surface area contributed by atoms with Gasteiger partial charge in [0.15, 0.2) is 18.7 Å². The van der Waals surface area contributed by atoms with Gasteiger partial charge in [0.1, 0.15) is 98.7 Å². The molecule has 0 aromatic heterocycles. The molecular weight excluding hydrogens is 1240 g/mol. The van der Waals surface area contributed by atoms with E-state index in [0.29, 0.717) is 19.3 Å². The van der Waals surface area contributed by atoms with Crippen molar-refractivity contribution < 1.29 is 117 Å². The molecule has 18 unspecified atom stereocenters. The number of carbonyl (C=O) groups is 3. The van der Waals surface area contributed by atoms with Crippen LogP contribution in [0.2, 0.25) is 0 Å². The Morgan fingerprint density at radius 2 is 0.681 bits per heavy atom. The second-order valence-corrected chi connectivity index (χ2v) is 28.1. The Kier molecular flexibility index (Phi) is 47.7. The van der Waals surface area contributed by atoms with E-state index in [1.54, 1.807) is 0 Å². The highest BCUT2D eigenvalue weighted by molar-refractivity contribution is 7.47. The minimum absolute atomic E-state index is 0.0327. The van der Waals surface area contributed by atoms with Crippen LogP contribution in [0.1, 0.15) is 290 Å². The smallest absolute Gasteiger partial charge is 0.463 e. The van der Waals surface area contributed by atoms with Gasteiger partial charge in [-0.2, -0.15) is 0 Å². The van der Waals surface area contributed by atoms with Gasteiger partial charge in [-0.05, 0) is 19.3 Å². The van der Waals surface area contributed by atoms with Crippen LogP contribution in [0.3, 0.4) is 0 Å². The lowest BCUT2D eigenvalue weighted by molar-refractivity contribution is -0.360. The van der Waals surface area contributed by atoms with Gasteiger partial charge >= 0.3 is 25.7 Å². The average Bonchev–Trinajstić information content (AvgIpc) is 0.765. The van der Waals surface area contributed by atoms with Crippen molar-refractivity contribution in [2.75, 3.05) is 26.4 Å². The van der Waals surface area contributed by atoms with Crippen molar-refractivity contribution in [1.82, 2.24) is 0 Å². The standard InChI is InChI=1S/C69H129O24P/c1-4-7-10-13-16-19-22-23-24-25-26-27-30-33-36-39-42-45-55(73)88-50(47-85-53(71)43-40-37-34-31-28-20-17-14-11-8-5-2)48-87-94(83,84)93-67-65(91-68-63(81)58(76)56(74)51(46-70)89-68)61(79)60(78)62(80)66(67)92-69-64(82)59(77)57(75)52(90-69)49-86-54(72)44-41-38-35-32-29-21-18-15-12-9-6-3/h50-52,56-70,74-82H,4-49H2,1-3H3,(H,83,84). The summed E-state index contributed by atoms with van der Waals surface area (Å²) in [6.07, 6.45) is 7.66. The largest absolute Gasteiger partial charge is 0.472 e. The van der Waals surface area contributed by atoms with E-state index in [-0.39, 0.29) is 19.3 Å². The summed E-state index contributed by atoms with van der Waals surface area (Å²) >= 11 is 0. The van der Waals surface area contributed by atoms with Crippen LogP contribution in [0.4, 0.5) is 0 Å². The first-order valence-electron chi connectivity index (χ1n) is 36.8. The summed E-state index contributed by atoms with van der Waals surface area (Å²) in [5, 5.41) is 110. The number of hydrogen-bond donors (Lipinski definition) is 11. The molecule has 0 amide bonds. The van der Waals surface area contributed by atoms with E-state index in [9.17, 15) is 74.9 Å². The van der Waals surface area contributed by atoms with Crippen LogP contribution in [0.25, 0.3) is 0 Å². The SMILES string of the molecule is CCCCCCCCCCCCCCCCCCCC(=O)OC(COC(=O)CCCCCCCCCCCCC)COP(=O)(O)OC1C(OC2OC(CO)C(O)C(O)C2O)C(O)C(O)C(O)C1OC1OC(COC(=O)CCCCCCCCCCCCC)C(O)C(O)C1O. The molecule has 3 rings (SSSR count). The lowest BCUT2D eigenvalue weighted by atomic mass is 9.84. The first-order chi connectivity index (χ1) is 45.3. The van der Waals surface area contributed by atoms with Crippen molar-refractivity contribution in [3.8, 4) is 0 Å². The van der Waals surface area contributed by atoms with Gasteiger partial charge in [0.2, 0.25) is 0 Å². The maximum Gasteiger partial charge on any atom is 0.472 e. The highest BCUT2D eigenvalue weighted by Gasteiger charge is 2.58. The molecule has 554 valence electrons. The second kappa shape index (κ2) is 52.0. The Morgan fingerprint density at radius 3 is 1.04 bits per heavy atom. The van der Waals surface area contributed by atoms with E-state index < -0.39 is 156 Å². The molecule has 0 aromatic carbocycles. The zero-order chi connectivity index (χ0) is 68.9. The summed E-state index contributed by atoms with van der Waals surface area (Å²) in [7, 11) is -5.69. The Hall–Kier alpha value is -2.04. The van der Waals surface area contributed by atoms with Crippen LogP contribution in [-0.2, 0) is 61.2 Å². The third kappa shape index (κ3) is 35.3. The molecule has 1 aliphatic carbocycles. The van der Waals surface area contributed by atoms with Crippen molar-refractivity contribution in [3.63, 3.8) is 0 Å². The predicted molar refractivity (Wildman–Crippen MR) is 352 cm³/mol. The van der Waals surface area contributed by atoms with Crippen LogP contribution >= 0.6 is 7.82 Å². The zero-order valence-corrected chi connectivity index (χ0v) is 58.4. The lowest BCUT2D eigenvalue weighted by Gasteiger charge is -2.49. The van der Waals surface area contributed by atoms with Crippen LogP contribution in [0.15, 0.2) is 0 Å². The number of aliphatic hydroxyl groups is 10. The second-order valence-electron chi connectivity index (χ2n) is 26.7. The number of aliphatic hydroxyl groups excluding tert-OH is 10. The number of hydrogen-bond acceptors (Lipinski definition) is 23. The van der Waals surface area contributed by atoms with Crippen molar-refractivity contribution in [1.29, 1.82) is 0 Å². The van der Waals surface area contributed by atoms with Crippen molar-refractivity contribution >= 4 is 25.7 Å². The first-order valence-corrected chi connectivity index (χ1v) is 38.3. The molecule has 24 nitrogen and oxygen atoms in total. The molecule has 0 spiro atoms. The Morgan fingerprint density at radius 1 is 0.372 bits per heavy atom. The zero-order valence-electron chi connectivity index (χ0n) is 57.5. The maximum absolute atomic E-state index is 14.3. The monoisotopic (exact) mass is 1370 g/mol. The number of carbonyl (C=O) groups excluding carboxylic acids is 3. The molecule has 25 heteroatoms. The number of phosphoric acid groups is 1. The highest BCUT2D eigenvalue weighted by Crippen LogP contribution is 2.49. The summed E-state index contributed by atoms with van der Waals surface area (Å²) in [6.45, 7) is 3.43. The summed E-state index contributed by atoms with van der Waals surface area (Å²) in [4.78, 5) is 50.9. The van der Waals surface area contributed by atoms with E-state index in [0.717, 1.165) is 96.3 Å². The van der Waals surface area contributed by atoms with E-state index >= 15 is 0 Å². The van der Waals surface area contributed by atoms with Crippen molar-refractivity contribution in [2.24, 2.45) is 0 Å². The van der Waals surface area contributed by atoms with Crippen LogP contribution in [0.5, 0.6) is 0 Å². The molecule has 0 bridgehead atoms. The minimum Gasteiger partial charge on any atom is -0.463 e. The fraction of sp³-hybridized carbons (Fsp3) is 0.957. The molecule has 2 saturated heterocycles. The minimum atomic E-state index is -5.69. The fourth-order valence-electron chi connectivity index (χ4n) is 12.3. The maximum atomic E-state index is 14.3. The normalized spacial score (nSPS) is 28.2. The summed E-state index contributed by atoms with van der Waals surface area (Å²) < 4.78 is 64.9. The lowest BCUT2D eigenvalue weighted by Crippen LogP contribution is -2.69. The van der Waals surface area contributed by atoms with E-state index in [2.05, 4.69) is 20.8 Å². The molecule has 2 heterocycles. The molecule has 11 N–H and O–H groups in total. The van der Waals surface area contributed by atoms with Gasteiger partial charge in [-0.15, -0.1) is 0 Å². The molecular formula is C69H129O24P. The van der Waals surface area contributed by atoms with Crippen molar-refractivity contribution in [2.45, 2.75) is 395 Å². The average molecular weight is 1370 g/mol. The van der Waals surface area contributed by atoms with E-state index in [4.69, 9.17) is 42.2 Å². The van der Waals surface area contributed by atoms with Gasteiger partial charge in [-0.25, -0.2) is 4.57 Å². The van der Waals surface area contributed by atoms with E-state index in [1.165, 1.54) is 135 Å². The Labute approximate surface area is 561 Å². The molecule has 3 fully saturated rings. The van der Waals surface area contributed by atoms with Gasteiger partial charge < -0.3 is 89.1 Å². The molecule has 0 aromatic rings. The third-order valence-electron chi connectivity index (χ3n) is 18.4. The molecule has 3 aliphatic rings. The summed E-state index contributed by atoms with van der Waals surface area (Å²) in [5.41, 5.74) is 0. The topological polar surface area (TPSA) is 374 Å². The molecule has 18 atom stereocenters. The molecule has 94 heavy (non-hydrogen) atoms. The van der Waals surface area contributed by atoms with Crippen LogP contribution < -0.4 is 0 Å². The number of rotatable bonds is 57. The van der Waals surface area contributed by atoms with Crippen molar-refractivity contribution in [3.05, 3.63) is 0 Å². The van der Waals surface area contributed by atoms with Gasteiger partial charge in [0.25, 0.3) is 0 Å². The Balaban J connectivity index is 1.74. The van der Waals surface area contributed by atoms with Crippen LogP contribution in [0, 0.1) is 0 Å².